The van der Waals surface area contributed by atoms with Gasteiger partial charge in [0, 0.05) is 30.5 Å². The van der Waals surface area contributed by atoms with Gasteiger partial charge in [0.05, 0.1) is 0 Å². The summed E-state index contributed by atoms with van der Waals surface area (Å²) in [5, 5.41) is 10.8. The predicted octanol–water partition coefficient (Wildman–Crippen LogP) is 1.88. The van der Waals surface area contributed by atoms with Gasteiger partial charge < -0.3 is 33.2 Å². The molecule has 0 spiro atoms. The average molecular weight is 600 g/mol. The zero-order valence-corrected chi connectivity index (χ0v) is 24.7. The number of primary amides is 1. The summed E-state index contributed by atoms with van der Waals surface area (Å²) in [6.07, 6.45) is 3.33. The van der Waals surface area contributed by atoms with E-state index in [0.717, 1.165) is 16.3 Å². The van der Waals surface area contributed by atoms with Crippen LogP contribution in [-0.4, -0.2) is 54.3 Å². The van der Waals surface area contributed by atoms with Crippen LogP contribution in [-0.2, 0) is 20.8 Å². The molecule has 2 atom stereocenters. The number of amides is 4. The van der Waals surface area contributed by atoms with Crippen LogP contribution in [0.15, 0.2) is 77.8 Å². The lowest BCUT2D eigenvalue weighted by Crippen LogP contribution is -2.54. The second-order valence-electron chi connectivity index (χ2n) is 11.2. The number of hydrogen-bond acceptors (Lipinski definition) is 5. The number of carbonyl (C=O) groups excluding carboxylic acids is 4. The summed E-state index contributed by atoms with van der Waals surface area (Å²) < 4.78 is 0. The Balaban J connectivity index is 1.36. The molecular weight excluding hydrogens is 558 g/mol. The van der Waals surface area contributed by atoms with Crippen molar-refractivity contribution in [1.29, 1.82) is 0 Å². The first-order valence-corrected chi connectivity index (χ1v) is 15.0. The second-order valence-corrected chi connectivity index (χ2v) is 11.2. The van der Waals surface area contributed by atoms with Crippen molar-refractivity contribution in [3.63, 3.8) is 0 Å². The highest BCUT2D eigenvalue weighted by Gasteiger charge is 2.31. The van der Waals surface area contributed by atoms with E-state index in [1.165, 1.54) is 0 Å². The van der Waals surface area contributed by atoms with Crippen LogP contribution < -0.4 is 33.2 Å². The quantitative estimate of drug-likeness (QED) is 0.0986. The van der Waals surface area contributed by atoms with E-state index in [1.807, 2.05) is 60.7 Å². The van der Waals surface area contributed by atoms with Gasteiger partial charge in [-0.3, -0.25) is 24.2 Å². The van der Waals surface area contributed by atoms with Crippen molar-refractivity contribution in [2.24, 2.45) is 28.1 Å². The fourth-order valence-corrected chi connectivity index (χ4v) is 5.52. The monoisotopic (exact) mass is 599 g/mol. The first-order chi connectivity index (χ1) is 21.2. The highest BCUT2D eigenvalue weighted by Crippen LogP contribution is 2.25. The first-order valence-electron chi connectivity index (χ1n) is 15.0. The molecule has 0 aliphatic heterocycles. The van der Waals surface area contributed by atoms with Crippen molar-refractivity contribution in [2.45, 2.75) is 63.1 Å². The molecule has 1 fully saturated rings. The molecule has 1 saturated carbocycles. The molecule has 0 unspecified atom stereocenters. The summed E-state index contributed by atoms with van der Waals surface area (Å²) in [5.41, 5.74) is 18.0. The highest BCUT2D eigenvalue weighted by atomic mass is 16.2. The molecule has 9 N–H and O–H groups in total. The number of benzene rings is 3. The van der Waals surface area contributed by atoms with Crippen molar-refractivity contribution in [3.05, 3.63) is 83.9 Å². The van der Waals surface area contributed by atoms with Crippen molar-refractivity contribution in [3.8, 4) is 0 Å². The molecule has 3 aromatic rings. The Labute approximate surface area is 257 Å². The predicted molar refractivity (Wildman–Crippen MR) is 170 cm³/mol. The number of rotatable bonds is 13. The van der Waals surface area contributed by atoms with Gasteiger partial charge in [0.2, 0.25) is 17.7 Å². The number of hydrogen-bond donors (Lipinski definition) is 6. The minimum absolute atomic E-state index is 0.0307. The summed E-state index contributed by atoms with van der Waals surface area (Å²) in [6.45, 7) is 0.282. The zero-order valence-electron chi connectivity index (χ0n) is 24.7. The van der Waals surface area contributed by atoms with E-state index in [-0.39, 0.29) is 49.1 Å². The number of nitrogens with one attached hydrogen (secondary N) is 3. The Morgan fingerprint density at radius 1 is 0.795 bits per heavy atom. The number of nitrogens with zero attached hydrogens (tertiary/aromatic N) is 1. The van der Waals surface area contributed by atoms with Crippen molar-refractivity contribution in [2.75, 3.05) is 6.54 Å². The molecule has 44 heavy (non-hydrogen) atoms. The Morgan fingerprint density at radius 3 is 2.16 bits per heavy atom. The van der Waals surface area contributed by atoms with E-state index in [0.29, 0.717) is 37.7 Å². The van der Waals surface area contributed by atoms with Crippen LogP contribution in [0.1, 0.15) is 54.4 Å². The fourth-order valence-electron chi connectivity index (χ4n) is 5.52. The lowest BCUT2D eigenvalue weighted by Gasteiger charge is -2.30. The Hall–Kier alpha value is -4.93. The maximum Gasteiger partial charge on any atom is 0.251 e. The largest absolute Gasteiger partial charge is 0.370 e. The lowest BCUT2D eigenvalue weighted by atomic mass is 9.85. The van der Waals surface area contributed by atoms with Crippen LogP contribution in [0.25, 0.3) is 10.8 Å². The fraction of sp³-hybridized carbons (Fsp3) is 0.364. The van der Waals surface area contributed by atoms with Crippen LogP contribution >= 0.6 is 0 Å². The third-order valence-corrected chi connectivity index (χ3v) is 7.96. The maximum absolute atomic E-state index is 13.4. The Morgan fingerprint density at radius 2 is 1.48 bits per heavy atom. The molecule has 1 aliphatic carbocycles. The van der Waals surface area contributed by atoms with Crippen molar-refractivity contribution >= 4 is 40.4 Å². The van der Waals surface area contributed by atoms with Gasteiger partial charge in [-0.2, -0.15) is 0 Å². The number of fused-ring (bicyclic) bond motifs is 1. The average Bonchev–Trinajstić information content (AvgIpc) is 3.02. The number of guanidine groups is 1. The normalized spacial score (nSPS) is 17.5. The molecule has 4 amide bonds. The molecule has 0 radical (unpaired) electrons. The smallest absolute Gasteiger partial charge is 0.251 e. The maximum atomic E-state index is 13.4. The number of carbonyl (C=O) groups is 4. The first kappa shape index (κ1) is 32.0. The molecular formula is C33H41N7O4. The molecule has 0 heterocycles. The van der Waals surface area contributed by atoms with E-state index in [9.17, 15) is 19.2 Å². The van der Waals surface area contributed by atoms with Gasteiger partial charge in [0.25, 0.3) is 5.91 Å². The van der Waals surface area contributed by atoms with Crippen LogP contribution in [0.4, 0.5) is 0 Å². The summed E-state index contributed by atoms with van der Waals surface area (Å²) in [5.74, 6) is -1.93. The van der Waals surface area contributed by atoms with Gasteiger partial charge in [0.1, 0.15) is 12.1 Å². The molecule has 3 aromatic carbocycles. The second kappa shape index (κ2) is 15.5. The molecule has 11 heteroatoms. The summed E-state index contributed by atoms with van der Waals surface area (Å²) in [6, 6.07) is 20.8. The van der Waals surface area contributed by atoms with E-state index < -0.39 is 23.9 Å². The summed E-state index contributed by atoms with van der Waals surface area (Å²) in [7, 11) is 0. The zero-order chi connectivity index (χ0) is 31.5. The van der Waals surface area contributed by atoms with Crippen molar-refractivity contribution < 1.29 is 19.2 Å². The van der Waals surface area contributed by atoms with Crippen molar-refractivity contribution in [1.82, 2.24) is 16.0 Å². The Bertz CT molecular complexity index is 1480. The molecule has 0 saturated heterocycles. The van der Waals surface area contributed by atoms with E-state index in [2.05, 4.69) is 20.9 Å². The molecule has 4 rings (SSSR count). The van der Waals surface area contributed by atoms with Gasteiger partial charge in [-0.25, -0.2) is 0 Å². The SMILES string of the molecule is NC(=O)[C@H](Cc1ccc2ccccc2c1)NC(=O)[C@H](CCCN=C(N)N)NC(=O)C1CCC(NC(=O)c2ccccc2)CC1. The minimum atomic E-state index is -0.968. The summed E-state index contributed by atoms with van der Waals surface area (Å²) >= 11 is 0. The standard InChI is InChI=1S/C33H41N7O4/c34-29(41)28(20-21-12-13-22-7-4-5-10-25(22)19-21)40-32(44)27(11-6-18-37-33(35)36)39-31(43)24-14-16-26(17-15-24)38-30(42)23-8-2-1-3-9-23/h1-5,7-10,12-13,19,24,26-28H,6,11,14-18,20H2,(H2,34,41)(H,38,42)(H,39,43)(H,40,44)(H4,35,36,37)/t24?,26?,27-,28-/m0/s1. The molecule has 232 valence electrons. The minimum Gasteiger partial charge on any atom is -0.370 e. The van der Waals surface area contributed by atoms with Gasteiger partial charge in [-0.05, 0) is 67.0 Å². The third-order valence-electron chi connectivity index (χ3n) is 7.96. The van der Waals surface area contributed by atoms with Crippen LogP contribution in [0.3, 0.4) is 0 Å². The number of aliphatic imine (C=N–C) groups is 1. The molecule has 0 aromatic heterocycles. The van der Waals surface area contributed by atoms with E-state index in [4.69, 9.17) is 17.2 Å². The Kier molecular flexibility index (Phi) is 11.3. The number of nitrogens with two attached hydrogens (primary N) is 3. The van der Waals surface area contributed by atoms with E-state index in [1.54, 1.807) is 12.1 Å². The lowest BCUT2D eigenvalue weighted by molar-refractivity contribution is -0.133. The molecule has 1 aliphatic rings. The molecule has 11 nitrogen and oxygen atoms in total. The van der Waals surface area contributed by atoms with Gasteiger partial charge in [-0.15, -0.1) is 0 Å². The van der Waals surface area contributed by atoms with Gasteiger partial charge in [0.15, 0.2) is 5.96 Å². The van der Waals surface area contributed by atoms with Crippen LogP contribution in [0.5, 0.6) is 0 Å². The van der Waals surface area contributed by atoms with Crippen LogP contribution in [0.2, 0.25) is 0 Å². The topological polar surface area (TPSA) is 195 Å². The highest BCUT2D eigenvalue weighted by molar-refractivity contribution is 5.94. The van der Waals surface area contributed by atoms with Crippen LogP contribution in [0, 0.1) is 5.92 Å². The third kappa shape index (κ3) is 9.29. The molecule has 0 bridgehead atoms. The van der Waals surface area contributed by atoms with Gasteiger partial charge >= 0.3 is 0 Å². The van der Waals surface area contributed by atoms with Gasteiger partial charge in [-0.1, -0.05) is 60.7 Å². The van der Waals surface area contributed by atoms with E-state index >= 15 is 0 Å². The summed E-state index contributed by atoms with van der Waals surface area (Å²) in [4.78, 5) is 55.6.